The zero-order chi connectivity index (χ0) is 9.84. The lowest BCUT2D eigenvalue weighted by Crippen LogP contribution is -1.95. The Morgan fingerprint density at radius 2 is 1.92 bits per heavy atom. The van der Waals surface area contributed by atoms with Gasteiger partial charge in [0.1, 0.15) is 0 Å². The number of rotatable bonds is 4. The minimum absolute atomic E-state index is 0.289. The van der Waals surface area contributed by atoms with Gasteiger partial charge in [-0.15, -0.1) is 11.3 Å². The highest BCUT2D eigenvalue weighted by Gasteiger charge is 2.11. The van der Waals surface area contributed by atoms with Gasteiger partial charge in [-0.05, 0) is 24.5 Å². The molecule has 1 nitrogen and oxygen atoms in total. The van der Waals surface area contributed by atoms with E-state index >= 15 is 0 Å². The van der Waals surface area contributed by atoms with Gasteiger partial charge in [0.2, 0.25) is 0 Å². The second-order valence-electron chi connectivity index (χ2n) is 3.53. The lowest BCUT2D eigenvalue weighted by molar-refractivity contribution is 0.103. The van der Waals surface area contributed by atoms with E-state index in [1.165, 1.54) is 9.75 Å². The number of hydrogen-bond donors (Lipinski definition) is 0. The second kappa shape index (κ2) is 4.77. The fourth-order valence-electron chi connectivity index (χ4n) is 1.34. The van der Waals surface area contributed by atoms with E-state index in [9.17, 15) is 0 Å². The summed E-state index contributed by atoms with van der Waals surface area (Å²) in [6, 6.07) is 4.41. The molecule has 0 saturated carbocycles. The molecular weight excluding hydrogens is 180 g/mol. The van der Waals surface area contributed by atoms with E-state index < -0.39 is 0 Å². The standard InChI is InChI=1S/C11H18OS/c1-5-9(12-4)11-7-6-10(13-11)8(2)3/h6-9H,5H2,1-4H3. The molecule has 1 atom stereocenters. The number of hydrogen-bond acceptors (Lipinski definition) is 2. The molecule has 0 saturated heterocycles. The first kappa shape index (κ1) is 10.7. The van der Waals surface area contributed by atoms with E-state index in [-0.39, 0.29) is 6.10 Å². The molecule has 0 aromatic carbocycles. The van der Waals surface area contributed by atoms with Gasteiger partial charge in [-0.1, -0.05) is 20.8 Å². The molecule has 74 valence electrons. The Balaban J connectivity index is 2.78. The molecule has 0 amide bonds. The van der Waals surface area contributed by atoms with E-state index in [4.69, 9.17) is 4.74 Å². The maximum Gasteiger partial charge on any atom is 0.0910 e. The molecule has 0 spiro atoms. The lowest BCUT2D eigenvalue weighted by Gasteiger charge is -2.09. The first-order valence-corrected chi connectivity index (χ1v) is 5.63. The van der Waals surface area contributed by atoms with Gasteiger partial charge in [-0.25, -0.2) is 0 Å². The van der Waals surface area contributed by atoms with Crippen molar-refractivity contribution < 1.29 is 4.74 Å². The van der Waals surface area contributed by atoms with Crippen LogP contribution in [-0.4, -0.2) is 7.11 Å². The smallest absolute Gasteiger partial charge is 0.0910 e. The highest BCUT2D eigenvalue weighted by molar-refractivity contribution is 7.12. The molecule has 0 radical (unpaired) electrons. The molecule has 1 heterocycles. The van der Waals surface area contributed by atoms with Gasteiger partial charge >= 0.3 is 0 Å². The highest BCUT2D eigenvalue weighted by atomic mass is 32.1. The van der Waals surface area contributed by atoms with Crippen molar-refractivity contribution in [1.82, 2.24) is 0 Å². The van der Waals surface area contributed by atoms with Crippen molar-refractivity contribution in [2.24, 2.45) is 0 Å². The van der Waals surface area contributed by atoms with Gasteiger partial charge in [0.25, 0.3) is 0 Å². The van der Waals surface area contributed by atoms with Crippen LogP contribution in [0.2, 0.25) is 0 Å². The van der Waals surface area contributed by atoms with Crippen LogP contribution in [0.1, 0.15) is 49.0 Å². The van der Waals surface area contributed by atoms with E-state index in [0.717, 1.165) is 6.42 Å². The van der Waals surface area contributed by atoms with Crippen LogP contribution >= 0.6 is 11.3 Å². The molecule has 0 aliphatic heterocycles. The van der Waals surface area contributed by atoms with Crippen LogP contribution in [0.15, 0.2) is 12.1 Å². The van der Waals surface area contributed by atoms with Crippen LogP contribution in [0.25, 0.3) is 0 Å². The topological polar surface area (TPSA) is 9.23 Å². The molecular formula is C11H18OS. The van der Waals surface area contributed by atoms with Crippen molar-refractivity contribution in [3.05, 3.63) is 21.9 Å². The molecule has 1 aromatic heterocycles. The third kappa shape index (κ3) is 2.55. The van der Waals surface area contributed by atoms with Gasteiger partial charge in [0.15, 0.2) is 0 Å². The zero-order valence-electron chi connectivity index (χ0n) is 8.83. The van der Waals surface area contributed by atoms with Crippen LogP contribution in [-0.2, 0) is 4.74 Å². The molecule has 0 aliphatic rings. The van der Waals surface area contributed by atoms with Crippen LogP contribution in [0.5, 0.6) is 0 Å². The number of methoxy groups -OCH3 is 1. The summed E-state index contributed by atoms with van der Waals surface area (Å²) in [7, 11) is 1.78. The Bertz CT molecular complexity index is 248. The molecule has 1 unspecified atom stereocenters. The number of ether oxygens (including phenoxy) is 1. The van der Waals surface area contributed by atoms with Crippen LogP contribution in [0.3, 0.4) is 0 Å². The van der Waals surface area contributed by atoms with Crippen LogP contribution in [0, 0.1) is 0 Å². The fourth-order valence-corrected chi connectivity index (χ4v) is 2.51. The van der Waals surface area contributed by atoms with Gasteiger partial charge in [0, 0.05) is 16.9 Å². The normalized spacial score (nSPS) is 13.6. The Hall–Kier alpha value is -0.340. The van der Waals surface area contributed by atoms with Gasteiger partial charge < -0.3 is 4.74 Å². The summed E-state index contributed by atoms with van der Waals surface area (Å²) >= 11 is 1.87. The Kier molecular flexibility index (Phi) is 3.94. The lowest BCUT2D eigenvalue weighted by atomic mass is 10.2. The molecule has 0 aliphatic carbocycles. The summed E-state index contributed by atoms with van der Waals surface area (Å²) in [5.41, 5.74) is 0. The Morgan fingerprint density at radius 1 is 1.31 bits per heavy atom. The first-order chi connectivity index (χ1) is 6.19. The molecule has 1 aromatic rings. The van der Waals surface area contributed by atoms with Crippen molar-refractivity contribution in [3.8, 4) is 0 Å². The van der Waals surface area contributed by atoms with E-state index in [1.807, 2.05) is 11.3 Å². The molecule has 0 fully saturated rings. The second-order valence-corrected chi connectivity index (χ2v) is 4.67. The molecule has 1 rings (SSSR count). The van der Waals surface area contributed by atoms with E-state index in [1.54, 1.807) is 7.11 Å². The van der Waals surface area contributed by atoms with Gasteiger partial charge in [-0.3, -0.25) is 0 Å². The average molecular weight is 198 g/mol. The van der Waals surface area contributed by atoms with E-state index in [0.29, 0.717) is 5.92 Å². The monoisotopic (exact) mass is 198 g/mol. The van der Waals surface area contributed by atoms with Crippen LogP contribution in [0.4, 0.5) is 0 Å². The quantitative estimate of drug-likeness (QED) is 0.711. The summed E-state index contributed by atoms with van der Waals surface area (Å²) in [6.07, 6.45) is 1.34. The van der Waals surface area contributed by atoms with Gasteiger partial charge in [0.05, 0.1) is 6.10 Å². The summed E-state index contributed by atoms with van der Waals surface area (Å²) in [4.78, 5) is 2.80. The minimum Gasteiger partial charge on any atom is -0.376 e. The molecule has 0 N–H and O–H groups in total. The summed E-state index contributed by atoms with van der Waals surface area (Å²) in [5.74, 6) is 0.633. The maximum atomic E-state index is 5.39. The molecule has 13 heavy (non-hydrogen) atoms. The SMILES string of the molecule is CCC(OC)c1ccc(C(C)C)s1. The van der Waals surface area contributed by atoms with Crippen molar-refractivity contribution in [2.45, 2.75) is 39.2 Å². The average Bonchev–Trinajstić information content (AvgIpc) is 2.56. The third-order valence-electron chi connectivity index (χ3n) is 2.19. The van der Waals surface area contributed by atoms with Crippen LogP contribution < -0.4 is 0 Å². The Morgan fingerprint density at radius 3 is 2.31 bits per heavy atom. The molecule has 2 heteroatoms. The molecule has 0 bridgehead atoms. The third-order valence-corrected chi connectivity index (χ3v) is 3.67. The predicted molar refractivity (Wildman–Crippen MR) is 58.4 cm³/mol. The largest absolute Gasteiger partial charge is 0.376 e. The van der Waals surface area contributed by atoms with Crippen molar-refractivity contribution >= 4 is 11.3 Å². The maximum absolute atomic E-state index is 5.39. The van der Waals surface area contributed by atoms with Gasteiger partial charge in [-0.2, -0.15) is 0 Å². The number of thiophene rings is 1. The summed E-state index contributed by atoms with van der Waals surface area (Å²) < 4.78 is 5.39. The highest BCUT2D eigenvalue weighted by Crippen LogP contribution is 2.31. The van der Waals surface area contributed by atoms with Crippen molar-refractivity contribution in [3.63, 3.8) is 0 Å². The van der Waals surface area contributed by atoms with Crippen molar-refractivity contribution in [2.75, 3.05) is 7.11 Å². The minimum atomic E-state index is 0.289. The summed E-state index contributed by atoms with van der Waals surface area (Å²) in [6.45, 7) is 6.61. The van der Waals surface area contributed by atoms with E-state index in [2.05, 4.69) is 32.9 Å². The predicted octanol–water partition coefficient (Wildman–Crippen LogP) is 3.97. The first-order valence-electron chi connectivity index (χ1n) is 4.81. The fraction of sp³-hybridized carbons (Fsp3) is 0.636. The van der Waals surface area contributed by atoms with Crippen molar-refractivity contribution in [1.29, 1.82) is 0 Å². The zero-order valence-corrected chi connectivity index (χ0v) is 9.65. The Labute approximate surface area is 84.7 Å². The summed E-state index contributed by atoms with van der Waals surface area (Å²) in [5, 5.41) is 0.